The van der Waals surface area contributed by atoms with E-state index in [-0.39, 0.29) is 25.4 Å². The highest BCUT2D eigenvalue weighted by molar-refractivity contribution is 6.76. The van der Waals surface area contributed by atoms with Crippen LogP contribution in [0.2, 0.25) is 0 Å². The normalized spacial score (nSPS) is 25.6. The van der Waals surface area contributed by atoms with E-state index in [1.54, 1.807) is 0 Å². The SMILES string of the molecule is O=C(NCc1ccc([C@H]2O[C@@H](CN3CCC4(CC3)OCCO4)C[C@@H](c3ccc(CO)cc3)O2)cc1)C(Cl)(Cl)Cl. The number of nitrogens with zero attached hydrogens (tertiary/aromatic N) is 1. The number of aliphatic hydroxyl groups is 1. The van der Waals surface area contributed by atoms with Gasteiger partial charge in [-0.2, -0.15) is 0 Å². The summed E-state index contributed by atoms with van der Waals surface area (Å²) < 4.78 is 22.7. The topological polar surface area (TPSA) is 89.5 Å². The Hall–Kier alpha value is -1.46. The molecule has 0 saturated carbocycles. The molecule has 3 aliphatic rings. The minimum atomic E-state index is -2.00. The van der Waals surface area contributed by atoms with Crippen LogP contribution < -0.4 is 5.32 Å². The number of amides is 1. The van der Waals surface area contributed by atoms with Gasteiger partial charge in [0.15, 0.2) is 12.1 Å². The zero-order valence-corrected chi connectivity index (χ0v) is 23.8. The summed E-state index contributed by atoms with van der Waals surface area (Å²) in [6, 6.07) is 15.5. The van der Waals surface area contributed by atoms with Crippen molar-refractivity contribution in [3.05, 3.63) is 70.8 Å². The molecule has 0 radical (unpaired) electrons. The van der Waals surface area contributed by atoms with Gasteiger partial charge in [0, 0.05) is 51.0 Å². The summed E-state index contributed by atoms with van der Waals surface area (Å²) >= 11 is 16.9. The van der Waals surface area contributed by atoms with Gasteiger partial charge in [-0.05, 0) is 16.7 Å². The van der Waals surface area contributed by atoms with Crippen LogP contribution in [0, 0.1) is 0 Å². The molecule has 3 aliphatic heterocycles. The molecule has 0 unspecified atom stereocenters. The summed E-state index contributed by atoms with van der Waals surface area (Å²) in [7, 11) is 0. The molecule has 2 N–H and O–H groups in total. The largest absolute Gasteiger partial charge is 0.392 e. The van der Waals surface area contributed by atoms with Gasteiger partial charge in [-0.15, -0.1) is 0 Å². The van der Waals surface area contributed by atoms with E-state index < -0.39 is 21.8 Å². The van der Waals surface area contributed by atoms with E-state index in [1.165, 1.54) is 0 Å². The van der Waals surface area contributed by atoms with Crippen LogP contribution in [0.1, 0.15) is 53.9 Å². The van der Waals surface area contributed by atoms with Gasteiger partial charge in [0.1, 0.15) is 0 Å². The van der Waals surface area contributed by atoms with Crippen LogP contribution in [0.15, 0.2) is 48.5 Å². The quantitative estimate of drug-likeness (QED) is 0.452. The first-order valence-electron chi connectivity index (χ1n) is 13.2. The second-order valence-corrected chi connectivity index (χ2v) is 12.5. The standard InChI is InChI=1S/C28H33Cl3N2O6/c29-28(30,31)26(35)32-16-19-1-7-22(8-2-19)25-38-23(15-24(39-25)21-5-3-20(18-34)4-6-21)17-33-11-9-27(10-12-33)36-13-14-37-27/h1-8,23-25,34H,9-18H2,(H,32,35)/t23-,24+,25+/m1/s1. The third-order valence-electron chi connectivity index (χ3n) is 7.47. The second kappa shape index (κ2) is 12.6. The Morgan fingerprint density at radius 3 is 2.18 bits per heavy atom. The molecule has 2 aromatic carbocycles. The minimum Gasteiger partial charge on any atom is -0.392 e. The number of alkyl halides is 3. The van der Waals surface area contributed by atoms with E-state index in [2.05, 4.69) is 10.2 Å². The zero-order valence-electron chi connectivity index (χ0n) is 21.5. The molecule has 5 rings (SSSR count). The lowest BCUT2D eigenvalue weighted by Crippen LogP contribution is -2.48. The number of halogens is 3. The minimum absolute atomic E-state index is 0.00148. The molecule has 0 aromatic heterocycles. The van der Waals surface area contributed by atoms with Crippen LogP contribution in [0.25, 0.3) is 0 Å². The van der Waals surface area contributed by atoms with E-state index in [1.807, 2.05) is 48.5 Å². The zero-order chi connectivity index (χ0) is 27.5. The van der Waals surface area contributed by atoms with Gasteiger partial charge in [0.05, 0.1) is 32.0 Å². The third kappa shape index (κ3) is 7.44. The Kier molecular flexibility index (Phi) is 9.38. The van der Waals surface area contributed by atoms with Crippen LogP contribution in [-0.2, 0) is 36.9 Å². The average molecular weight is 600 g/mol. The predicted molar refractivity (Wildman–Crippen MR) is 147 cm³/mol. The van der Waals surface area contributed by atoms with Gasteiger partial charge in [-0.1, -0.05) is 83.3 Å². The molecule has 0 aliphatic carbocycles. The average Bonchev–Trinajstić information content (AvgIpc) is 3.40. The molecule has 3 atom stereocenters. The predicted octanol–water partition coefficient (Wildman–Crippen LogP) is 4.55. The van der Waals surface area contributed by atoms with Crippen molar-refractivity contribution < 1.29 is 28.8 Å². The highest BCUT2D eigenvalue weighted by Gasteiger charge is 2.41. The highest BCUT2D eigenvalue weighted by Crippen LogP contribution is 2.39. The first-order valence-corrected chi connectivity index (χ1v) is 14.3. The summed E-state index contributed by atoms with van der Waals surface area (Å²) in [6.07, 6.45) is 1.64. The van der Waals surface area contributed by atoms with E-state index in [9.17, 15) is 9.90 Å². The first kappa shape index (κ1) is 29.0. The first-order chi connectivity index (χ1) is 18.7. The molecule has 3 heterocycles. The summed E-state index contributed by atoms with van der Waals surface area (Å²) in [6.45, 7) is 4.11. The van der Waals surface area contributed by atoms with Crippen molar-refractivity contribution in [1.82, 2.24) is 10.2 Å². The van der Waals surface area contributed by atoms with E-state index in [0.29, 0.717) is 19.6 Å². The van der Waals surface area contributed by atoms with Crippen molar-refractivity contribution in [2.75, 3.05) is 32.8 Å². The number of rotatable bonds is 7. The van der Waals surface area contributed by atoms with Crippen molar-refractivity contribution >= 4 is 40.7 Å². The summed E-state index contributed by atoms with van der Waals surface area (Å²) in [5.41, 5.74) is 3.62. The molecule has 2 aromatic rings. The molecule has 212 valence electrons. The van der Waals surface area contributed by atoms with Crippen LogP contribution in [0.4, 0.5) is 0 Å². The fraction of sp³-hybridized carbons (Fsp3) is 0.536. The number of carbonyl (C=O) groups is 1. The third-order valence-corrected chi connectivity index (χ3v) is 7.99. The monoisotopic (exact) mass is 598 g/mol. The maximum atomic E-state index is 11.9. The smallest absolute Gasteiger partial charge is 0.272 e. The molecular formula is C28H33Cl3N2O6. The number of benzene rings is 2. The van der Waals surface area contributed by atoms with E-state index in [0.717, 1.165) is 54.7 Å². The van der Waals surface area contributed by atoms with Gasteiger partial charge in [0.25, 0.3) is 9.70 Å². The summed E-state index contributed by atoms with van der Waals surface area (Å²) in [5.74, 6) is -1.09. The number of likely N-dealkylation sites (tertiary alicyclic amines) is 1. The lowest BCUT2D eigenvalue weighted by atomic mass is 9.98. The summed E-state index contributed by atoms with van der Waals surface area (Å²) in [5, 5.41) is 12.1. The number of hydrogen-bond acceptors (Lipinski definition) is 7. The van der Waals surface area contributed by atoms with Gasteiger partial charge >= 0.3 is 0 Å². The van der Waals surface area contributed by atoms with Crippen molar-refractivity contribution in [2.45, 2.75) is 60.5 Å². The Morgan fingerprint density at radius 1 is 0.949 bits per heavy atom. The number of hydrogen-bond donors (Lipinski definition) is 2. The van der Waals surface area contributed by atoms with Crippen molar-refractivity contribution in [3.8, 4) is 0 Å². The van der Waals surface area contributed by atoms with Crippen LogP contribution >= 0.6 is 34.8 Å². The van der Waals surface area contributed by atoms with Gasteiger partial charge < -0.3 is 34.3 Å². The Labute approximate surface area is 243 Å². The molecule has 3 fully saturated rings. The number of nitrogens with one attached hydrogen (secondary N) is 1. The lowest BCUT2D eigenvalue weighted by Gasteiger charge is -2.41. The van der Waals surface area contributed by atoms with Crippen molar-refractivity contribution in [3.63, 3.8) is 0 Å². The fourth-order valence-corrected chi connectivity index (χ4v) is 5.46. The molecule has 0 bridgehead atoms. The van der Waals surface area contributed by atoms with Crippen LogP contribution in [0.5, 0.6) is 0 Å². The van der Waals surface area contributed by atoms with E-state index in [4.69, 9.17) is 53.8 Å². The molecule has 11 heteroatoms. The second-order valence-electron chi connectivity index (χ2n) is 10.2. The molecule has 1 spiro atoms. The Morgan fingerprint density at radius 2 is 1.56 bits per heavy atom. The highest BCUT2D eigenvalue weighted by atomic mass is 35.6. The summed E-state index contributed by atoms with van der Waals surface area (Å²) in [4.78, 5) is 14.3. The molecule has 8 nitrogen and oxygen atoms in total. The maximum absolute atomic E-state index is 11.9. The van der Waals surface area contributed by atoms with Gasteiger partial charge in [-0.25, -0.2) is 0 Å². The van der Waals surface area contributed by atoms with E-state index >= 15 is 0 Å². The van der Waals surface area contributed by atoms with Crippen LogP contribution in [-0.4, -0.2) is 64.4 Å². The molecule has 1 amide bonds. The number of piperidine rings is 1. The van der Waals surface area contributed by atoms with Gasteiger partial charge in [-0.3, -0.25) is 4.79 Å². The van der Waals surface area contributed by atoms with Gasteiger partial charge in [0.2, 0.25) is 0 Å². The lowest BCUT2D eigenvalue weighted by molar-refractivity contribution is -0.255. The van der Waals surface area contributed by atoms with Crippen LogP contribution in [0.3, 0.4) is 0 Å². The number of carbonyl (C=O) groups excluding carboxylic acids is 1. The Balaban J connectivity index is 1.26. The van der Waals surface area contributed by atoms with Crippen molar-refractivity contribution in [1.29, 1.82) is 0 Å². The molecule has 39 heavy (non-hydrogen) atoms. The Bertz CT molecular complexity index is 1100. The number of ether oxygens (including phenoxy) is 4. The fourth-order valence-electron chi connectivity index (χ4n) is 5.26. The molecule has 3 saturated heterocycles. The number of aliphatic hydroxyl groups excluding tert-OH is 1. The maximum Gasteiger partial charge on any atom is 0.272 e. The molecular weight excluding hydrogens is 567 g/mol. The van der Waals surface area contributed by atoms with Crippen molar-refractivity contribution in [2.24, 2.45) is 0 Å².